The van der Waals surface area contributed by atoms with E-state index < -0.39 is 17.6 Å². The van der Waals surface area contributed by atoms with Crippen LogP contribution in [0.2, 0.25) is 0 Å². The van der Waals surface area contributed by atoms with E-state index >= 15 is 0 Å². The van der Waals surface area contributed by atoms with E-state index in [1.807, 2.05) is 0 Å². The van der Waals surface area contributed by atoms with Crippen LogP contribution in [0.5, 0.6) is 5.75 Å². The largest absolute Gasteiger partial charge is 0.489 e. The average molecular weight is 407 g/mol. The van der Waals surface area contributed by atoms with Crippen LogP contribution in [0, 0.1) is 0 Å². The zero-order valence-electron chi connectivity index (χ0n) is 15.2. The topological polar surface area (TPSA) is 91.2 Å². The summed E-state index contributed by atoms with van der Waals surface area (Å²) < 4.78 is 50.8. The van der Waals surface area contributed by atoms with Gasteiger partial charge in [0, 0.05) is 12.7 Å². The molecule has 1 amide bonds. The van der Waals surface area contributed by atoms with E-state index in [9.17, 15) is 18.0 Å². The number of aromatic nitrogens is 4. The number of amides is 1. The van der Waals surface area contributed by atoms with Gasteiger partial charge in [0.15, 0.2) is 0 Å². The molecule has 0 fully saturated rings. The Morgan fingerprint density at radius 2 is 1.90 bits per heavy atom. The minimum Gasteiger partial charge on any atom is -0.489 e. The van der Waals surface area contributed by atoms with Gasteiger partial charge in [-0.1, -0.05) is 0 Å². The van der Waals surface area contributed by atoms with Crippen LogP contribution in [-0.2, 0) is 10.9 Å². The van der Waals surface area contributed by atoms with Gasteiger partial charge in [-0.05, 0) is 52.9 Å². The summed E-state index contributed by atoms with van der Waals surface area (Å²) in [6, 6.07) is 9.10. The number of anilines is 1. The van der Waals surface area contributed by atoms with Gasteiger partial charge in [-0.2, -0.15) is 13.2 Å². The number of hydrogen-bond donors (Lipinski definition) is 1. The molecule has 0 aliphatic rings. The van der Waals surface area contributed by atoms with Crippen LogP contribution in [0.15, 0.2) is 48.8 Å². The van der Waals surface area contributed by atoms with Gasteiger partial charge in [0.1, 0.15) is 18.7 Å². The molecule has 3 rings (SSSR count). The molecule has 29 heavy (non-hydrogen) atoms. The second kappa shape index (κ2) is 8.69. The minimum atomic E-state index is -4.56. The zero-order chi connectivity index (χ0) is 20.9. The number of nitrogens with zero attached hydrogens (tertiary/aromatic N) is 4. The molecule has 0 aliphatic heterocycles. The van der Waals surface area contributed by atoms with Gasteiger partial charge in [-0.3, -0.25) is 4.79 Å². The monoisotopic (exact) mass is 407 g/mol. The molecule has 152 valence electrons. The Labute approximate surface area is 163 Å². The molecule has 3 aromatic rings. The fourth-order valence-electron chi connectivity index (χ4n) is 2.40. The van der Waals surface area contributed by atoms with Crippen molar-refractivity contribution in [3.05, 3.63) is 59.9 Å². The van der Waals surface area contributed by atoms with E-state index in [1.165, 1.54) is 30.3 Å². The number of alkyl halides is 3. The maximum atomic E-state index is 13.1. The molecule has 0 saturated heterocycles. The Morgan fingerprint density at radius 3 is 2.52 bits per heavy atom. The third kappa shape index (κ3) is 5.08. The van der Waals surface area contributed by atoms with Crippen LogP contribution in [0.25, 0.3) is 5.69 Å². The smallest absolute Gasteiger partial charge is 0.416 e. The number of halogens is 3. The molecule has 0 atom stereocenters. The third-order valence-corrected chi connectivity index (χ3v) is 3.84. The van der Waals surface area contributed by atoms with Crippen molar-refractivity contribution in [2.75, 3.05) is 25.6 Å². The van der Waals surface area contributed by atoms with Gasteiger partial charge in [0.2, 0.25) is 0 Å². The molecule has 8 nitrogen and oxygen atoms in total. The highest BCUT2D eigenvalue weighted by atomic mass is 19.4. The lowest BCUT2D eigenvalue weighted by Gasteiger charge is -2.15. The Kier molecular flexibility index (Phi) is 6.07. The SMILES string of the molecule is COCCOc1ccc(C(F)(F)F)cc1NC(=O)c1ccc(-n2cnnn2)cc1. The number of methoxy groups -OCH3 is 1. The molecule has 1 N–H and O–H groups in total. The lowest BCUT2D eigenvalue weighted by Crippen LogP contribution is -2.15. The predicted molar refractivity (Wildman–Crippen MR) is 95.9 cm³/mol. The standard InChI is InChI=1S/C18H16F3N5O3/c1-28-8-9-29-16-7-4-13(18(19,20)21)10-15(16)23-17(27)12-2-5-14(6-3-12)26-11-22-24-25-26/h2-7,10-11H,8-9H2,1H3,(H,23,27). The maximum Gasteiger partial charge on any atom is 0.416 e. The van der Waals surface area contributed by atoms with Crippen LogP contribution in [0.4, 0.5) is 18.9 Å². The van der Waals surface area contributed by atoms with E-state index in [0.29, 0.717) is 5.69 Å². The minimum absolute atomic E-state index is 0.0921. The Hall–Kier alpha value is -3.47. The highest BCUT2D eigenvalue weighted by molar-refractivity contribution is 6.05. The molecule has 1 aromatic heterocycles. The van der Waals surface area contributed by atoms with Gasteiger partial charge < -0.3 is 14.8 Å². The van der Waals surface area contributed by atoms with Gasteiger partial charge in [0.05, 0.1) is 23.5 Å². The van der Waals surface area contributed by atoms with E-state index in [2.05, 4.69) is 20.8 Å². The van der Waals surface area contributed by atoms with E-state index in [4.69, 9.17) is 9.47 Å². The molecular formula is C18H16F3N5O3. The summed E-state index contributed by atoms with van der Waals surface area (Å²) in [7, 11) is 1.47. The van der Waals surface area contributed by atoms with Crippen LogP contribution in [0.1, 0.15) is 15.9 Å². The summed E-state index contributed by atoms with van der Waals surface area (Å²) >= 11 is 0. The van der Waals surface area contributed by atoms with Crippen molar-refractivity contribution in [2.45, 2.75) is 6.18 Å². The quantitative estimate of drug-likeness (QED) is 0.606. The number of tetrazole rings is 1. The van der Waals surface area contributed by atoms with Crippen molar-refractivity contribution in [3.63, 3.8) is 0 Å². The average Bonchev–Trinajstić information content (AvgIpc) is 3.23. The summed E-state index contributed by atoms with van der Waals surface area (Å²) in [5.41, 5.74) is -0.136. The summed E-state index contributed by atoms with van der Waals surface area (Å²) in [5.74, 6) is -0.488. The lowest BCUT2D eigenvalue weighted by atomic mass is 10.1. The van der Waals surface area contributed by atoms with E-state index in [1.54, 1.807) is 12.1 Å². The van der Waals surface area contributed by atoms with Gasteiger partial charge >= 0.3 is 6.18 Å². The van der Waals surface area contributed by atoms with Crippen LogP contribution >= 0.6 is 0 Å². The summed E-state index contributed by atoms with van der Waals surface area (Å²) in [6.07, 6.45) is -3.17. The molecule has 0 bridgehead atoms. The number of carbonyl (C=O) groups excluding carboxylic acids is 1. The van der Waals surface area contributed by atoms with Crippen LogP contribution < -0.4 is 10.1 Å². The highest BCUT2D eigenvalue weighted by Gasteiger charge is 2.31. The van der Waals surface area contributed by atoms with E-state index in [0.717, 1.165) is 18.2 Å². The number of carbonyl (C=O) groups is 1. The van der Waals surface area contributed by atoms with Crippen molar-refractivity contribution in [1.29, 1.82) is 0 Å². The zero-order valence-corrected chi connectivity index (χ0v) is 15.2. The summed E-state index contributed by atoms with van der Waals surface area (Å²) in [4.78, 5) is 12.5. The lowest BCUT2D eigenvalue weighted by molar-refractivity contribution is -0.137. The summed E-state index contributed by atoms with van der Waals surface area (Å²) in [5, 5.41) is 13.2. The Balaban J connectivity index is 1.81. The molecule has 0 unspecified atom stereocenters. The molecular weight excluding hydrogens is 391 g/mol. The number of benzene rings is 2. The molecule has 0 spiro atoms. The first kappa shape index (κ1) is 20.3. The second-order valence-corrected chi connectivity index (χ2v) is 5.81. The van der Waals surface area contributed by atoms with Crippen molar-refractivity contribution in [2.24, 2.45) is 0 Å². The molecule has 1 heterocycles. The normalized spacial score (nSPS) is 11.3. The second-order valence-electron chi connectivity index (χ2n) is 5.81. The fraction of sp³-hybridized carbons (Fsp3) is 0.222. The first-order chi connectivity index (χ1) is 13.9. The highest BCUT2D eigenvalue weighted by Crippen LogP contribution is 2.35. The first-order valence-electron chi connectivity index (χ1n) is 8.36. The number of ether oxygens (including phenoxy) is 2. The van der Waals surface area contributed by atoms with Gasteiger partial charge in [-0.15, -0.1) is 5.10 Å². The number of hydrogen-bond acceptors (Lipinski definition) is 6. The van der Waals surface area contributed by atoms with Crippen molar-refractivity contribution in [1.82, 2.24) is 20.2 Å². The molecule has 11 heteroatoms. The molecule has 0 saturated carbocycles. The van der Waals surface area contributed by atoms with E-state index in [-0.39, 0.29) is 30.2 Å². The first-order valence-corrected chi connectivity index (χ1v) is 8.36. The third-order valence-electron chi connectivity index (χ3n) is 3.84. The Bertz CT molecular complexity index is 960. The Morgan fingerprint density at radius 1 is 1.14 bits per heavy atom. The van der Waals surface area contributed by atoms with Gasteiger partial charge in [0.25, 0.3) is 5.91 Å². The number of rotatable bonds is 7. The van der Waals surface area contributed by atoms with Crippen molar-refractivity contribution < 1.29 is 27.4 Å². The molecule has 2 aromatic carbocycles. The van der Waals surface area contributed by atoms with Gasteiger partial charge in [-0.25, -0.2) is 4.68 Å². The fourth-order valence-corrected chi connectivity index (χ4v) is 2.40. The number of nitrogens with one attached hydrogen (secondary N) is 1. The maximum absolute atomic E-state index is 13.1. The predicted octanol–water partition coefficient (Wildman–Crippen LogP) is 2.96. The van der Waals surface area contributed by atoms with Crippen LogP contribution in [0.3, 0.4) is 0 Å². The molecule has 0 aliphatic carbocycles. The van der Waals surface area contributed by atoms with Crippen LogP contribution in [-0.4, -0.2) is 46.4 Å². The molecule has 0 radical (unpaired) electrons. The summed E-state index contributed by atoms with van der Waals surface area (Å²) in [6.45, 7) is 0.360. The van der Waals surface area contributed by atoms with Crippen molar-refractivity contribution in [3.8, 4) is 11.4 Å². The van der Waals surface area contributed by atoms with Crippen molar-refractivity contribution >= 4 is 11.6 Å².